The molecule has 0 bridgehead atoms. The highest BCUT2D eigenvalue weighted by atomic mass is 32.2. The zero-order valence-corrected chi connectivity index (χ0v) is 17.7. The minimum atomic E-state index is -3.66. The highest BCUT2D eigenvalue weighted by molar-refractivity contribution is 7.89. The van der Waals surface area contributed by atoms with Gasteiger partial charge in [0.15, 0.2) is 0 Å². The Morgan fingerprint density at radius 2 is 1.55 bits per heavy atom. The molecule has 29 heavy (non-hydrogen) atoms. The minimum Gasteiger partial charge on any atom is -0.497 e. The van der Waals surface area contributed by atoms with Crippen molar-refractivity contribution in [3.05, 3.63) is 48.5 Å². The average Bonchev–Trinajstić information content (AvgIpc) is 2.78. The van der Waals surface area contributed by atoms with Crippen molar-refractivity contribution in [2.45, 2.75) is 17.7 Å². The first kappa shape index (κ1) is 21.1. The molecule has 1 saturated heterocycles. The number of carbonyl (C=O) groups is 1. The Hall–Kier alpha value is -2.58. The maximum absolute atomic E-state index is 13.0. The number of ether oxygens (including phenoxy) is 2. The number of piperidine rings is 1. The number of nitrogens with zero attached hydrogens (tertiary/aromatic N) is 2. The summed E-state index contributed by atoms with van der Waals surface area (Å²) in [6.07, 6.45) is 1.30. The zero-order chi connectivity index (χ0) is 21.0. The Balaban J connectivity index is 1.73. The predicted octanol–water partition coefficient (Wildman–Crippen LogP) is 2.77. The maximum Gasteiger partial charge on any atom is 0.243 e. The Morgan fingerprint density at radius 1 is 1.00 bits per heavy atom. The van der Waals surface area contributed by atoms with Crippen molar-refractivity contribution in [2.24, 2.45) is 5.92 Å². The van der Waals surface area contributed by atoms with Gasteiger partial charge in [-0.05, 0) is 61.4 Å². The van der Waals surface area contributed by atoms with Gasteiger partial charge >= 0.3 is 0 Å². The van der Waals surface area contributed by atoms with E-state index in [1.807, 2.05) is 12.1 Å². The summed E-state index contributed by atoms with van der Waals surface area (Å²) in [6, 6.07) is 13.5. The van der Waals surface area contributed by atoms with E-state index in [0.29, 0.717) is 30.9 Å². The molecule has 0 aliphatic carbocycles. The third kappa shape index (κ3) is 4.54. The van der Waals surface area contributed by atoms with E-state index in [-0.39, 0.29) is 23.3 Å². The van der Waals surface area contributed by atoms with Gasteiger partial charge in [0.2, 0.25) is 15.9 Å². The highest BCUT2D eigenvalue weighted by Crippen LogP contribution is 2.27. The molecular formula is C21H26N2O5S. The van der Waals surface area contributed by atoms with Crippen LogP contribution in [0.2, 0.25) is 0 Å². The first-order chi connectivity index (χ1) is 13.9. The van der Waals surface area contributed by atoms with Crippen LogP contribution >= 0.6 is 0 Å². The summed E-state index contributed by atoms with van der Waals surface area (Å²) in [7, 11) is 1.17. The molecule has 1 aliphatic heterocycles. The van der Waals surface area contributed by atoms with E-state index in [4.69, 9.17) is 9.47 Å². The van der Waals surface area contributed by atoms with Gasteiger partial charge in [0.25, 0.3) is 0 Å². The van der Waals surface area contributed by atoms with Crippen LogP contribution in [0.25, 0.3) is 0 Å². The Bertz CT molecular complexity index is 942. The van der Waals surface area contributed by atoms with Crippen LogP contribution in [0.5, 0.6) is 11.5 Å². The molecule has 0 aromatic heterocycles. The molecule has 0 unspecified atom stereocenters. The number of methoxy groups -OCH3 is 2. The second-order valence-electron chi connectivity index (χ2n) is 6.97. The number of sulfonamides is 1. The van der Waals surface area contributed by atoms with Gasteiger partial charge in [-0.3, -0.25) is 4.79 Å². The van der Waals surface area contributed by atoms with Crippen LogP contribution in [0.1, 0.15) is 12.8 Å². The molecule has 2 aromatic rings. The summed E-state index contributed by atoms with van der Waals surface area (Å²) >= 11 is 0. The van der Waals surface area contributed by atoms with Gasteiger partial charge in [0.1, 0.15) is 11.5 Å². The van der Waals surface area contributed by atoms with Crippen LogP contribution in [0.4, 0.5) is 5.69 Å². The van der Waals surface area contributed by atoms with Gasteiger partial charge in [-0.15, -0.1) is 0 Å². The molecule has 2 aromatic carbocycles. The van der Waals surface area contributed by atoms with Crippen molar-refractivity contribution in [1.29, 1.82) is 0 Å². The SMILES string of the molecule is COc1ccc(N(C)C(=O)[C@H]2CCCN(S(=O)(=O)c3ccc(OC)cc3)C2)cc1. The van der Waals surface area contributed by atoms with Crippen LogP contribution < -0.4 is 14.4 Å². The van der Waals surface area contributed by atoms with Crippen LogP contribution in [-0.4, -0.2) is 53.0 Å². The summed E-state index contributed by atoms with van der Waals surface area (Å²) in [6.45, 7) is 0.581. The summed E-state index contributed by atoms with van der Waals surface area (Å²) in [4.78, 5) is 14.8. The van der Waals surface area contributed by atoms with Crippen molar-refractivity contribution in [1.82, 2.24) is 4.31 Å². The van der Waals surface area contributed by atoms with Crippen molar-refractivity contribution >= 4 is 21.6 Å². The zero-order valence-electron chi connectivity index (χ0n) is 16.9. The van der Waals surface area contributed by atoms with Gasteiger partial charge in [0, 0.05) is 25.8 Å². The summed E-state index contributed by atoms with van der Waals surface area (Å²) < 4.78 is 37.7. The first-order valence-electron chi connectivity index (χ1n) is 9.42. The normalized spacial score (nSPS) is 17.6. The largest absolute Gasteiger partial charge is 0.497 e. The van der Waals surface area contributed by atoms with Gasteiger partial charge in [-0.25, -0.2) is 8.42 Å². The molecule has 1 fully saturated rings. The first-order valence-corrected chi connectivity index (χ1v) is 10.9. The molecular weight excluding hydrogens is 392 g/mol. The van der Waals surface area contributed by atoms with Crippen molar-refractivity contribution in [2.75, 3.05) is 39.3 Å². The molecule has 1 amide bonds. The molecule has 1 heterocycles. The number of carbonyl (C=O) groups excluding carboxylic acids is 1. The molecule has 1 aliphatic rings. The van der Waals surface area contributed by atoms with E-state index < -0.39 is 10.0 Å². The second kappa shape index (κ2) is 8.84. The average molecular weight is 419 g/mol. The van der Waals surface area contributed by atoms with Gasteiger partial charge in [-0.1, -0.05) is 0 Å². The van der Waals surface area contributed by atoms with Crippen molar-refractivity contribution in [3.8, 4) is 11.5 Å². The number of hydrogen-bond acceptors (Lipinski definition) is 5. The summed E-state index contributed by atoms with van der Waals surface area (Å²) in [5.74, 6) is 0.828. The van der Waals surface area contributed by atoms with Crippen LogP contribution in [-0.2, 0) is 14.8 Å². The van der Waals surface area contributed by atoms with E-state index in [2.05, 4.69) is 0 Å². The molecule has 0 N–H and O–H groups in total. The van der Waals surface area contributed by atoms with Crippen LogP contribution in [0.15, 0.2) is 53.4 Å². The Kier molecular flexibility index (Phi) is 6.44. The standard InChI is InChI=1S/C21H26N2O5S/c1-22(17-6-8-18(27-2)9-7-17)21(24)16-5-4-14-23(15-16)29(25,26)20-12-10-19(28-3)11-13-20/h6-13,16H,4-5,14-15H2,1-3H3/t16-/m0/s1. The smallest absolute Gasteiger partial charge is 0.243 e. The second-order valence-corrected chi connectivity index (χ2v) is 8.91. The van der Waals surface area contributed by atoms with E-state index in [1.54, 1.807) is 43.3 Å². The van der Waals surface area contributed by atoms with E-state index in [9.17, 15) is 13.2 Å². The van der Waals surface area contributed by atoms with E-state index >= 15 is 0 Å². The lowest BCUT2D eigenvalue weighted by atomic mass is 9.98. The minimum absolute atomic E-state index is 0.0928. The van der Waals surface area contributed by atoms with Crippen LogP contribution in [0.3, 0.4) is 0 Å². The van der Waals surface area contributed by atoms with Crippen molar-refractivity contribution in [3.63, 3.8) is 0 Å². The number of benzene rings is 2. The molecule has 1 atom stereocenters. The lowest BCUT2D eigenvalue weighted by Gasteiger charge is -2.33. The predicted molar refractivity (Wildman–Crippen MR) is 111 cm³/mol. The molecule has 3 rings (SSSR count). The lowest BCUT2D eigenvalue weighted by molar-refractivity contribution is -0.123. The van der Waals surface area contributed by atoms with Gasteiger partial charge in [0.05, 0.1) is 25.0 Å². The third-order valence-electron chi connectivity index (χ3n) is 5.22. The van der Waals surface area contributed by atoms with Gasteiger partial charge in [-0.2, -0.15) is 4.31 Å². The van der Waals surface area contributed by atoms with Crippen LogP contribution in [0, 0.1) is 5.92 Å². The van der Waals surface area contributed by atoms with Gasteiger partial charge < -0.3 is 14.4 Å². The lowest BCUT2D eigenvalue weighted by Crippen LogP contribution is -2.45. The third-order valence-corrected chi connectivity index (χ3v) is 7.10. The van der Waals surface area contributed by atoms with Crippen molar-refractivity contribution < 1.29 is 22.7 Å². The molecule has 7 nitrogen and oxygen atoms in total. The molecule has 0 radical (unpaired) electrons. The Labute approximate surface area is 171 Å². The Morgan fingerprint density at radius 3 is 2.10 bits per heavy atom. The fourth-order valence-corrected chi connectivity index (χ4v) is 4.99. The number of anilines is 1. The molecule has 8 heteroatoms. The summed E-state index contributed by atoms with van der Waals surface area (Å²) in [5.41, 5.74) is 0.742. The van der Waals surface area contributed by atoms with E-state index in [1.165, 1.54) is 23.5 Å². The fraction of sp³-hybridized carbons (Fsp3) is 0.381. The quantitative estimate of drug-likeness (QED) is 0.721. The van der Waals surface area contributed by atoms with E-state index in [0.717, 1.165) is 5.69 Å². The molecule has 0 spiro atoms. The molecule has 156 valence electrons. The molecule has 0 saturated carbocycles. The fourth-order valence-electron chi connectivity index (χ4n) is 3.47. The maximum atomic E-state index is 13.0. The number of hydrogen-bond donors (Lipinski definition) is 0. The summed E-state index contributed by atoms with van der Waals surface area (Å²) in [5, 5.41) is 0. The number of rotatable bonds is 6. The highest BCUT2D eigenvalue weighted by Gasteiger charge is 2.34. The number of amides is 1. The topological polar surface area (TPSA) is 76.2 Å². The monoisotopic (exact) mass is 418 g/mol.